The Labute approximate surface area is 95.4 Å². The lowest BCUT2D eigenvalue weighted by atomic mass is 10.2. The maximum Gasteiger partial charge on any atom is 0.226 e. The number of aromatic nitrogens is 1. The van der Waals surface area contributed by atoms with Gasteiger partial charge >= 0.3 is 0 Å². The van der Waals surface area contributed by atoms with Gasteiger partial charge in [-0.2, -0.15) is 0 Å². The zero-order valence-electron chi connectivity index (χ0n) is 12.9. The minimum absolute atomic E-state index is 0.0935. The Morgan fingerprint density at radius 2 is 2.27 bits per heavy atom. The van der Waals surface area contributed by atoms with Gasteiger partial charge in [-0.15, -0.1) is 0 Å². The van der Waals surface area contributed by atoms with Gasteiger partial charge in [-0.3, -0.25) is 0 Å². The van der Waals surface area contributed by atoms with Crippen LogP contribution in [-0.2, 0) is 6.42 Å². The third kappa shape index (κ3) is 2.07. The smallest absolute Gasteiger partial charge is 0.226 e. The van der Waals surface area contributed by atoms with Crippen LogP contribution in [0.1, 0.15) is 18.3 Å². The number of benzene rings is 1. The van der Waals surface area contributed by atoms with E-state index >= 15 is 0 Å². The van der Waals surface area contributed by atoms with Crippen LogP contribution < -0.4 is 0 Å². The van der Waals surface area contributed by atoms with Gasteiger partial charge in [0.25, 0.3) is 0 Å². The van der Waals surface area contributed by atoms with Crippen molar-refractivity contribution < 1.29 is 16.4 Å². The van der Waals surface area contributed by atoms with Crippen LogP contribution in [0.15, 0.2) is 34.7 Å². The summed E-state index contributed by atoms with van der Waals surface area (Å²) in [5.41, 5.74) is 0.485. The molecule has 1 aromatic carbocycles. The predicted octanol–water partition coefficient (Wildman–Crippen LogP) is 2.18. The lowest BCUT2D eigenvalue weighted by molar-refractivity contribution is 0.297. The van der Waals surface area contributed by atoms with Crippen LogP contribution in [0.4, 0.5) is 0 Å². The molecule has 1 N–H and O–H groups in total. The molecule has 0 saturated carbocycles. The predicted molar refractivity (Wildman–Crippen MR) is 57.5 cm³/mol. The number of rotatable bonds is 3. The van der Waals surface area contributed by atoms with Crippen LogP contribution >= 0.6 is 0 Å². The Bertz CT molecular complexity index is 586. The highest BCUT2D eigenvalue weighted by molar-refractivity contribution is 5.53. The number of oxazole rings is 1. The minimum atomic E-state index is -2.55. The van der Waals surface area contributed by atoms with Crippen LogP contribution in [0.25, 0.3) is 11.5 Å². The molecule has 0 saturated heterocycles. The monoisotopic (exact) mass is 208 g/mol. The first-order valence-corrected chi connectivity index (χ1v) is 4.45. The molecule has 0 amide bonds. The molecular weight excluding hydrogens is 190 g/mol. The van der Waals surface area contributed by atoms with E-state index in [1.807, 2.05) is 0 Å². The first-order chi connectivity index (χ1) is 9.17. The highest BCUT2D eigenvalue weighted by Gasteiger charge is 2.09. The Morgan fingerprint density at radius 3 is 2.93 bits per heavy atom. The summed E-state index contributed by atoms with van der Waals surface area (Å²) in [5, 5.41) is 9.21. The molecular formula is C12H13NO2. The van der Waals surface area contributed by atoms with Crippen molar-refractivity contribution >= 4 is 0 Å². The number of aryl methyl sites for hydroxylation is 2. The van der Waals surface area contributed by atoms with Crippen LogP contribution in [0.5, 0.6) is 0 Å². The largest absolute Gasteiger partial charge is 0.441 e. The van der Waals surface area contributed by atoms with Crippen molar-refractivity contribution in [1.82, 2.24) is 4.98 Å². The molecule has 2 rings (SSSR count). The molecule has 3 heteroatoms. The molecule has 0 bridgehead atoms. The van der Waals surface area contributed by atoms with E-state index in [-0.39, 0.29) is 11.6 Å². The summed E-state index contributed by atoms with van der Waals surface area (Å²) in [6.07, 6.45) is -0.545. The fourth-order valence-corrected chi connectivity index (χ4v) is 1.25. The lowest BCUT2D eigenvalue weighted by Crippen LogP contribution is -1.92. The molecule has 0 fully saturated rings. The number of hydrogen-bond acceptors (Lipinski definition) is 3. The fraction of sp³-hybridized carbons (Fsp3) is 0.250. The van der Waals surface area contributed by atoms with E-state index in [0.29, 0.717) is 5.56 Å². The van der Waals surface area contributed by atoms with Crippen molar-refractivity contribution in [2.24, 2.45) is 0 Å². The molecule has 0 aliphatic carbocycles. The van der Waals surface area contributed by atoms with Crippen molar-refractivity contribution in [3.8, 4) is 11.5 Å². The molecule has 0 radical (unpaired) electrons. The van der Waals surface area contributed by atoms with Crippen molar-refractivity contribution in [1.29, 1.82) is 0 Å². The van der Waals surface area contributed by atoms with Gasteiger partial charge in [0.2, 0.25) is 5.89 Å². The lowest BCUT2D eigenvalue weighted by Gasteiger charge is -1.92. The average Bonchev–Trinajstić information content (AvgIpc) is 2.71. The van der Waals surface area contributed by atoms with E-state index in [1.54, 1.807) is 30.3 Å². The molecule has 0 aliphatic rings. The van der Waals surface area contributed by atoms with Crippen LogP contribution in [-0.4, -0.2) is 16.6 Å². The first kappa shape index (κ1) is 5.47. The van der Waals surface area contributed by atoms with Gasteiger partial charge in [-0.1, -0.05) is 18.2 Å². The average molecular weight is 208 g/mol. The molecule has 1 aromatic heterocycles. The molecule has 2 aromatic rings. The van der Waals surface area contributed by atoms with Gasteiger partial charge < -0.3 is 9.52 Å². The third-order valence-electron chi connectivity index (χ3n) is 1.96. The summed E-state index contributed by atoms with van der Waals surface area (Å²) in [6, 6.07) is 8.70. The molecule has 0 unspecified atom stereocenters. The number of hydrogen-bond donors (Lipinski definition) is 1. The van der Waals surface area contributed by atoms with Crippen LogP contribution in [0.3, 0.4) is 0 Å². The second-order valence-corrected chi connectivity index (χ2v) is 3.00. The molecule has 78 valence electrons. The Balaban J connectivity index is 2.48. The topological polar surface area (TPSA) is 46.3 Å². The summed E-state index contributed by atoms with van der Waals surface area (Å²) in [6.45, 7) is -5.11. The van der Waals surface area contributed by atoms with Crippen LogP contribution in [0.2, 0.25) is 0 Å². The SMILES string of the molecule is [2H]C([2H])(O)Cc1nc(-c2ccccc2)oc1C([2H])([2H])[2H]. The van der Waals surface area contributed by atoms with Crippen molar-refractivity contribution in [3.05, 3.63) is 41.8 Å². The molecule has 0 aliphatic heterocycles. The highest BCUT2D eigenvalue weighted by Crippen LogP contribution is 2.21. The summed E-state index contributed by atoms with van der Waals surface area (Å²) >= 11 is 0. The normalized spacial score (nSPS) is 17.3. The summed E-state index contributed by atoms with van der Waals surface area (Å²) in [4.78, 5) is 4.01. The van der Waals surface area contributed by atoms with Gasteiger partial charge in [0.15, 0.2) is 0 Å². The molecule has 0 atom stereocenters. The summed E-state index contributed by atoms with van der Waals surface area (Å²) in [7, 11) is 0. The second-order valence-electron chi connectivity index (χ2n) is 3.00. The third-order valence-corrected chi connectivity index (χ3v) is 1.96. The van der Waals surface area contributed by atoms with E-state index in [2.05, 4.69) is 4.98 Å². The van der Waals surface area contributed by atoms with E-state index in [4.69, 9.17) is 11.3 Å². The van der Waals surface area contributed by atoms with E-state index in [9.17, 15) is 5.11 Å². The molecule has 0 spiro atoms. The number of nitrogens with zero attached hydrogens (tertiary/aromatic N) is 1. The zero-order valence-corrected chi connectivity index (χ0v) is 7.90. The number of aliphatic hydroxyl groups is 1. The van der Waals surface area contributed by atoms with Gasteiger partial charge in [-0.25, -0.2) is 4.98 Å². The Morgan fingerprint density at radius 1 is 1.47 bits per heavy atom. The quantitative estimate of drug-likeness (QED) is 0.841. The van der Waals surface area contributed by atoms with Crippen molar-refractivity contribution in [2.75, 3.05) is 6.56 Å². The summed E-state index contributed by atoms with van der Waals surface area (Å²) < 4.78 is 41.7. The standard InChI is InChI=1S/C12H13NO2/c1-9-11(7-8-14)13-12(15-9)10-5-3-2-4-6-10/h2-6,14H,7-8H2,1H3/i1D3,8D2. The van der Waals surface area contributed by atoms with Gasteiger partial charge in [-0.05, 0) is 19.0 Å². The maximum atomic E-state index is 9.21. The highest BCUT2D eigenvalue weighted by atomic mass is 16.4. The maximum absolute atomic E-state index is 9.21. The second kappa shape index (κ2) is 4.28. The van der Waals surface area contributed by atoms with E-state index < -0.39 is 25.6 Å². The van der Waals surface area contributed by atoms with Gasteiger partial charge in [0.05, 0.1) is 8.44 Å². The first-order valence-electron chi connectivity index (χ1n) is 6.95. The molecule has 1 heterocycles. The Kier molecular flexibility index (Phi) is 1.56. The minimum Gasteiger partial charge on any atom is -0.441 e. The Hall–Kier alpha value is -1.61. The van der Waals surface area contributed by atoms with E-state index in [0.717, 1.165) is 0 Å². The van der Waals surface area contributed by atoms with Crippen molar-refractivity contribution in [3.63, 3.8) is 0 Å². The van der Waals surface area contributed by atoms with Gasteiger partial charge in [0.1, 0.15) is 5.76 Å². The van der Waals surface area contributed by atoms with Gasteiger partial charge in [0, 0.05) is 22.7 Å². The molecule has 3 nitrogen and oxygen atoms in total. The fourth-order valence-electron chi connectivity index (χ4n) is 1.25. The van der Waals surface area contributed by atoms with E-state index in [1.165, 1.54) is 0 Å². The zero-order chi connectivity index (χ0) is 15.0. The van der Waals surface area contributed by atoms with Crippen LogP contribution in [0, 0.1) is 6.85 Å². The summed E-state index contributed by atoms with van der Waals surface area (Å²) in [5.74, 6) is -0.301. The van der Waals surface area contributed by atoms with Crippen molar-refractivity contribution in [2.45, 2.75) is 13.3 Å². The molecule has 15 heavy (non-hydrogen) atoms.